The minimum absolute atomic E-state index is 0.0637. The summed E-state index contributed by atoms with van der Waals surface area (Å²) in [6, 6.07) is 0. The monoisotopic (exact) mass is 255 g/mol. The number of ketones is 1. The molecule has 0 aromatic carbocycles. The first-order valence-corrected chi connectivity index (χ1v) is 6.78. The number of carboxylic acid groups (broad SMARTS) is 1. The first-order chi connectivity index (χ1) is 8.33. The second-order valence-electron chi connectivity index (χ2n) is 6.07. The van der Waals surface area contributed by atoms with Gasteiger partial charge in [-0.25, -0.2) is 0 Å². The molecule has 0 amide bonds. The molecule has 0 bridgehead atoms. The molecule has 0 heterocycles. The van der Waals surface area contributed by atoms with Crippen LogP contribution in [0.4, 0.5) is 0 Å². The Morgan fingerprint density at radius 3 is 2.61 bits per heavy atom. The molecule has 4 nitrogen and oxygen atoms in total. The van der Waals surface area contributed by atoms with E-state index in [9.17, 15) is 14.7 Å². The highest BCUT2D eigenvalue weighted by Crippen LogP contribution is 2.45. The molecule has 1 saturated carbocycles. The Morgan fingerprint density at radius 2 is 2.17 bits per heavy atom. The average molecular weight is 255 g/mol. The summed E-state index contributed by atoms with van der Waals surface area (Å²) in [4.78, 5) is 22.9. The van der Waals surface area contributed by atoms with Crippen molar-refractivity contribution in [3.05, 3.63) is 0 Å². The van der Waals surface area contributed by atoms with E-state index in [2.05, 4.69) is 20.8 Å². The largest absolute Gasteiger partial charge is 0.481 e. The Bertz CT molecular complexity index is 325. The molecule has 0 saturated heterocycles. The number of Topliss-reactive ketones (excluding diaryl/α,β-unsaturated/α-hetero) is 1. The molecule has 0 radical (unpaired) electrons. The standard InChI is InChI=1S/C14H25NO3/c1-4-14(2,3)12-6-5-9(16)7-10(12)11(8-15)13(17)18/h10-12H,4-8,15H2,1-3H3,(H,17,18). The number of nitrogens with two attached hydrogens (primary N) is 1. The van der Waals surface area contributed by atoms with Gasteiger partial charge in [-0.3, -0.25) is 9.59 Å². The third-order valence-corrected chi connectivity index (χ3v) is 4.72. The Labute approximate surface area is 109 Å². The summed E-state index contributed by atoms with van der Waals surface area (Å²) in [5, 5.41) is 9.28. The van der Waals surface area contributed by atoms with Crippen molar-refractivity contribution in [1.82, 2.24) is 0 Å². The van der Waals surface area contributed by atoms with E-state index in [4.69, 9.17) is 5.73 Å². The van der Waals surface area contributed by atoms with Gasteiger partial charge in [0.2, 0.25) is 0 Å². The quantitative estimate of drug-likeness (QED) is 0.788. The van der Waals surface area contributed by atoms with Gasteiger partial charge in [0.05, 0.1) is 5.92 Å². The molecule has 1 rings (SSSR count). The lowest BCUT2D eigenvalue weighted by Crippen LogP contribution is -2.44. The molecule has 104 valence electrons. The maximum absolute atomic E-state index is 11.6. The van der Waals surface area contributed by atoms with Crippen molar-refractivity contribution in [2.75, 3.05) is 6.54 Å². The Balaban J connectivity index is 2.99. The lowest BCUT2D eigenvalue weighted by Gasteiger charge is -2.43. The molecule has 3 N–H and O–H groups in total. The van der Waals surface area contributed by atoms with E-state index >= 15 is 0 Å². The first kappa shape index (κ1) is 15.2. The van der Waals surface area contributed by atoms with Crippen LogP contribution in [0.15, 0.2) is 0 Å². The van der Waals surface area contributed by atoms with Crippen molar-refractivity contribution in [3.63, 3.8) is 0 Å². The van der Waals surface area contributed by atoms with E-state index in [1.165, 1.54) is 0 Å². The van der Waals surface area contributed by atoms with Gasteiger partial charge in [-0.05, 0) is 23.7 Å². The minimum atomic E-state index is -0.867. The highest BCUT2D eigenvalue weighted by Gasteiger charge is 2.43. The zero-order chi connectivity index (χ0) is 13.9. The second kappa shape index (κ2) is 5.83. The van der Waals surface area contributed by atoms with Gasteiger partial charge in [0.15, 0.2) is 0 Å². The van der Waals surface area contributed by atoms with E-state index in [1.807, 2.05) is 0 Å². The van der Waals surface area contributed by atoms with Crippen molar-refractivity contribution < 1.29 is 14.7 Å². The van der Waals surface area contributed by atoms with Gasteiger partial charge in [0.1, 0.15) is 5.78 Å². The molecule has 1 aliphatic rings. The summed E-state index contributed by atoms with van der Waals surface area (Å²) in [5.41, 5.74) is 5.67. The Kier molecular flexibility index (Phi) is 4.91. The smallest absolute Gasteiger partial charge is 0.308 e. The molecule has 3 unspecified atom stereocenters. The molecular formula is C14H25NO3. The zero-order valence-corrected chi connectivity index (χ0v) is 11.6. The predicted molar refractivity (Wildman–Crippen MR) is 70.1 cm³/mol. The highest BCUT2D eigenvalue weighted by atomic mass is 16.4. The van der Waals surface area contributed by atoms with Gasteiger partial charge >= 0.3 is 5.97 Å². The first-order valence-electron chi connectivity index (χ1n) is 6.78. The second-order valence-corrected chi connectivity index (χ2v) is 6.07. The predicted octanol–water partition coefficient (Wildman–Crippen LogP) is 2.07. The number of carboxylic acids is 1. The topological polar surface area (TPSA) is 80.4 Å². The van der Waals surface area contributed by atoms with E-state index in [0.29, 0.717) is 12.8 Å². The molecule has 1 aliphatic carbocycles. The number of aliphatic carboxylic acids is 1. The lowest BCUT2D eigenvalue weighted by molar-refractivity contribution is -0.146. The molecule has 4 heteroatoms. The number of rotatable bonds is 5. The van der Waals surface area contributed by atoms with Gasteiger partial charge in [-0.2, -0.15) is 0 Å². The van der Waals surface area contributed by atoms with Crippen LogP contribution in [0.25, 0.3) is 0 Å². The molecule has 0 aromatic rings. The van der Waals surface area contributed by atoms with Crippen LogP contribution in [0.1, 0.15) is 46.5 Å². The third-order valence-electron chi connectivity index (χ3n) is 4.72. The maximum Gasteiger partial charge on any atom is 0.308 e. The highest BCUT2D eigenvalue weighted by molar-refractivity contribution is 5.81. The Hall–Kier alpha value is -0.900. The van der Waals surface area contributed by atoms with Gasteiger partial charge in [-0.1, -0.05) is 27.2 Å². The SMILES string of the molecule is CCC(C)(C)C1CCC(=O)CC1C(CN)C(=O)O. The van der Waals surface area contributed by atoms with Gasteiger partial charge < -0.3 is 10.8 Å². The van der Waals surface area contributed by atoms with Crippen LogP contribution in [0.5, 0.6) is 0 Å². The van der Waals surface area contributed by atoms with E-state index in [-0.39, 0.29) is 29.6 Å². The van der Waals surface area contributed by atoms with Gasteiger partial charge in [0, 0.05) is 19.4 Å². The summed E-state index contributed by atoms with van der Waals surface area (Å²) >= 11 is 0. The van der Waals surface area contributed by atoms with Crippen LogP contribution in [-0.4, -0.2) is 23.4 Å². The molecule has 3 atom stereocenters. The van der Waals surface area contributed by atoms with Crippen LogP contribution < -0.4 is 5.73 Å². The molecule has 0 aliphatic heterocycles. The lowest BCUT2D eigenvalue weighted by atomic mass is 9.61. The summed E-state index contributed by atoms with van der Waals surface area (Å²) in [6.07, 6.45) is 2.75. The van der Waals surface area contributed by atoms with E-state index in [1.54, 1.807) is 0 Å². The summed E-state index contributed by atoms with van der Waals surface area (Å²) in [7, 11) is 0. The molecule has 0 spiro atoms. The van der Waals surface area contributed by atoms with Crippen molar-refractivity contribution in [2.45, 2.75) is 46.5 Å². The Morgan fingerprint density at radius 1 is 1.56 bits per heavy atom. The average Bonchev–Trinajstić information content (AvgIpc) is 2.29. The fourth-order valence-electron chi connectivity index (χ4n) is 3.15. The summed E-state index contributed by atoms with van der Waals surface area (Å²) in [6.45, 7) is 6.56. The number of hydrogen-bond acceptors (Lipinski definition) is 3. The molecule has 0 aromatic heterocycles. The van der Waals surface area contributed by atoms with Crippen LogP contribution in [-0.2, 0) is 9.59 Å². The molecule has 1 fully saturated rings. The molecular weight excluding hydrogens is 230 g/mol. The van der Waals surface area contributed by atoms with Gasteiger partial charge in [0.25, 0.3) is 0 Å². The number of carbonyl (C=O) groups excluding carboxylic acids is 1. The van der Waals surface area contributed by atoms with Crippen molar-refractivity contribution in [2.24, 2.45) is 28.9 Å². The fraction of sp³-hybridized carbons (Fsp3) is 0.857. The normalized spacial score (nSPS) is 27.0. The minimum Gasteiger partial charge on any atom is -0.481 e. The maximum atomic E-state index is 11.6. The third kappa shape index (κ3) is 3.10. The van der Waals surface area contributed by atoms with Gasteiger partial charge in [-0.15, -0.1) is 0 Å². The summed E-state index contributed by atoms with van der Waals surface area (Å²) in [5.74, 6) is -1.12. The fourth-order valence-corrected chi connectivity index (χ4v) is 3.15. The van der Waals surface area contributed by atoms with Crippen LogP contribution in [0, 0.1) is 23.2 Å². The van der Waals surface area contributed by atoms with E-state index in [0.717, 1.165) is 12.8 Å². The van der Waals surface area contributed by atoms with Crippen molar-refractivity contribution in [3.8, 4) is 0 Å². The summed E-state index contributed by atoms with van der Waals surface area (Å²) < 4.78 is 0. The van der Waals surface area contributed by atoms with E-state index < -0.39 is 11.9 Å². The van der Waals surface area contributed by atoms with Crippen LogP contribution in [0.3, 0.4) is 0 Å². The molecule has 18 heavy (non-hydrogen) atoms. The van der Waals surface area contributed by atoms with Crippen LogP contribution >= 0.6 is 0 Å². The van der Waals surface area contributed by atoms with Crippen molar-refractivity contribution in [1.29, 1.82) is 0 Å². The zero-order valence-electron chi connectivity index (χ0n) is 11.6. The van der Waals surface area contributed by atoms with Crippen molar-refractivity contribution >= 4 is 11.8 Å². The number of carbonyl (C=O) groups is 2. The number of hydrogen-bond donors (Lipinski definition) is 2. The van der Waals surface area contributed by atoms with Crippen LogP contribution in [0.2, 0.25) is 0 Å².